The van der Waals surface area contributed by atoms with Gasteiger partial charge in [-0.3, -0.25) is 4.79 Å². The minimum atomic E-state index is -3.93. The summed E-state index contributed by atoms with van der Waals surface area (Å²) in [5.74, 6) is 0.140. The van der Waals surface area contributed by atoms with Crippen LogP contribution in [0.2, 0.25) is 5.02 Å². The molecule has 1 atom stereocenters. The third-order valence-corrected chi connectivity index (χ3v) is 5.69. The first-order valence-electron chi connectivity index (χ1n) is 6.87. The molecule has 1 aliphatic heterocycles. The standard InChI is InChI=1S/C14H18ClNO5S/c1-8(2)16-14(17)9(3)22(18,19)13-7-12-11(6-10(13)15)20-4-5-21-12/h6-9H,4-5H2,1-3H3,(H,16,17)/t9-/m1/s1. The second-order valence-corrected chi connectivity index (χ2v) is 7.92. The lowest BCUT2D eigenvalue weighted by Gasteiger charge is -2.21. The highest BCUT2D eigenvalue weighted by molar-refractivity contribution is 7.92. The molecule has 0 fully saturated rings. The van der Waals surface area contributed by atoms with Crippen LogP contribution in [0, 0.1) is 0 Å². The topological polar surface area (TPSA) is 81.7 Å². The Morgan fingerprint density at radius 2 is 1.73 bits per heavy atom. The average molecular weight is 348 g/mol. The lowest BCUT2D eigenvalue weighted by atomic mass is 10.3. The number of amides is 1. The number of nitrogens with one attached hydrogen (secondary N) is 1. The van der Waals surface area contributed by atoms with Crippen LogP contribution < -0.4 is 14.8 Å². The van der Waals surface area contributed by atoms with E-state index in [0.29, 0.717) is 24.7 Å². The molecule has 1 N–H and O–H groups in total. The summed E-state index contributed by atoms with van der Waals surface area (Å²) in [5, 5.41) is 1.34. The number of hydrogen-bond acceptors (Lipinski definition) is 5. The number of rotatable bonds is 4. The van der Waals surface area contributed by atoms with Gasteiger partial charge in [-0.1, -0.05) is 11.6 Å². The molecule has 0 saturated carbocycles. The highest BCUT2D eigenvalue weighted by Crippen LogP contribution is 2.38. The van der Waals surface area contributed by atoms with Gasteiger partial charge in [0.2, 0.25) is 5.91 Å². The van der Waals surface area contributed by atoms with Crippen LogP contribution in [0.15, 0.2) is 17.0 Å². The van der Waals surface area contributed by atoms with Crippen molar-refractivity contribution in [2.45, 2.75) is 37.0 Å². The fraction of sp³-hybridized carbons (Fsp3) is 0.500. The Morgan fingerprint density at radius 3 is 2.27 bits per heavy atom. The normalized spacial score (nSPS) is 15.5. The maximum absolute atomic E-state index is 12.6. The summed E-state index contributed by atoms with van der Waals surface area (Å²) in [6, 6.07) is 2.56. The van der Waals surface area contributed by atoms with Crippen LogP contribution in [0.5, 0.6) is 11.5 Å². The molecule has 6 nitrogen and oxygen atoms in total. The molecule has 0 unspecified atom stereocenters. The van der Waals surface area contributed by atoms with Gasteiger partial charge in [0.15, 0.2) is 21.3 Å². The smallest absolute Gasteiger partial charge is 0.238 e. The SMILES string of the molecule is CC(C)NC(=O)[C@@H](C)S(=O)(=O)c1cc2c(cc1Cl)OCCO2. The van der Waals surface area contributed by atoms with Crippen molar-refractivity contribution < 1.29 is 22.7 Å². The molecule has 1 heterocycles. The molecule has 0 bridgehead atoms. The van der Waals surface area contributed by atoms with Gasteiger partial charge in [-0.25, -0.2) is 8.42 Å². The molecule has 1 amide bonds. The number of sulfone groups is 1. The monoisotopic (exact) mass is 347 g/mol. The Morgan fingerprint density at radius 1 is 1.18 bits per heavy atom. The first-order chi connectivity index (χ1) is 10.2. The molecular weight excluding hydrogens is 330 g/mol. The zero-order valence-electron chi connectivity index (χ0n) is 12.6. The second-order valence-electron chi connectivity index (χ2n) is 5.28. The van der Waals surface area contributed by atoms with Crippen molar-refractivity contribution in [2.75, 3.05) is 13.2 Å². The van der Waals surface area contributed by atoms with Crippen molar-refractivity contribution >= 4 is 27.3 Å². The second kappa shape index (κ2) is 6.34. The molecule has 2 rings (SSSR count). The largest absolute Gasteiger partial charge is 0.486 e. The Balaban J connectivity index is 2.39. The molecule has 0 radical (unpaired) electrons. The zero-order chi connectivity index (χ0) is 16.5. The van der Waals surface area contributed by atoms with E-state index in [-0.39, 0.29) is 16.0 Å². The first-order valence-corrected chi connectivity index (χ1v) is 8.79. The van der Waals surface area contributed by atoms with Crippen molar-refractivity contribution in [3.63, 3.8) is 0 Å². The van der Waals surface area contributed by atoms with E-state index in [9.17, 15) is 13.2 Å². The summed E-state index contributed by atoms with van der Waals surface area (Å²) in [5.41, 5.74) is 0. The molecule has 8 heteroatoms. The highest BCUT2D eigenvalue weighted by Gasteiger charge is 2.33. The van der Waals surface area contributed by atoms with Gasteiger partial charge in [0.25, 0.3) is 0 Å². The van der Waals surface area contributed by atoms with Crippen LogP contribution in [0.25, 0.3) is 0 Å². The minimum absolute atomic E-state index is 0.00782. The lowest BCUT2D eigenvalue weighted by Crippen LogP contribution is -2.41. The third kappa shape index (κ3) is 3.30. The first kappa shape index (κ1) is 16.9. The fourth-order valence-electron chi connectivity index (χ4n) is 2.00. The van der Waals surface area contributed by atoms with E-state index in [0.717, 1.165) is 0 Å². The summed E-state index contributed by atoms with van der Waals surface area (Å²) in [6.07, 6.45) is 0. The van der Waals surface area contributed by atoms with E-state index in [4.69, 9.17) is 21.1 Å². The highest BCUT2D eigenvalue weighted by atomic mass is 35.5. The average Bonchev–Trinajstić information content (AvgIpc) is 2.44. The van der Waals surface area contributed by atoms with Crippen molar-refractivity contribution in [1.82, 2.24) is 5.32 Å². The number of hydrogen-bond donors (Lipinski definition) is 1. The van der Waals surface area contributed by atoms with Gasteiger partial charge >= 0.3 is 0 Å². The Labute approximate surface area is 134 Å². The molecule has 0 aliphatic carbocycles. The summed E-state index contributed by atoms with van der Waals surface area (Å²) in [6.45, 7) is 5.56. The quantitative estimate of drug-likeness (QED) is 0.898. The van der Waals surface area contributed by atoms with E-state index in [1.54, 1.807) is 13.8 Å². The number of halogens is 1. The van der Waals surface area contributed by atoms with Gasteiger partial charge in [0.05, 0.1) is 9.92 Å². The Hall–Kier alpha value is -1.47. The summed E-state index contributed by atoms with van der Waals surface area (Å²) in [7, 11) is -3.93. The van der Waals surface area contributed by atoms with Crippen LogP contribution in [0.4, 0.5) is 0 Å². The van der Waals surface area contributed by atoms with Crippen LogP contribution in [-0.4, -0.2) is 38.8 Å². The molecule has 1 aromatic rings. The van der Waals surface area contributed by atoms with Gasteiger partial charge in [-0.15, -0.1) is 0 Å². The van der Waals surface area contributed by atoms with E-state index >= 15 is 0 Å². The van der Waals surface area contributed by atoms with E-state index < -0.39 is 21.0 Å². The summed E-state index contributed by atoms with van der Waals surface area (Å²) in [4.78, 5) is 11.8. The maximum Gasteiger partial charge on any atom is 0.238 e. The molecule has 0 saturated heterocycles. The van der Waals surface area contributed by atoms with Crippen LogP contribution >= 0.6 is 11.6 Å². The Kier molecular flexibility index (Phi) is 4.87. The van der Waals surface area contributed by atoms with Gasteiger partial charge < -0.3 is 14.8 Å². The number of ether oxygens (including phenoxy) is 2. The van der Waals surface area contributed by atoms with Crippen molar-refractivity contribution in [1.29, 1.82) is 0 Å². The van der Waals surface area contributed by atoms with Gasteiger partial charge in [-0.05, 0) is 20.8 Å². The van der Waals surface area contributed by atoms with Gasteiger partial charge in [-0.2, -0.15) is 0 Å². The lowest BCUT2D eigenvalue weighted by molar-refractivity contribution is -0.120. The molecule has 1 aliphatic rings. The van der Waals surface area contributed by atoms with Gasteiger partial charge in [0.1, 0.15) is 18.5 Å². The predicted molar refractivity (Wildman–Crippen MR) is 82.4 cm³/mol. The Bertz CT molecular complexity index is 687. The molecule has 22 heavy (non-hydrogen) atoms. The van der Waals surface area contributed by atoms with E-state index in [1.165, 1.54) is 19.1 Å². The van der Waals surface area contributed by atoms with Crippen molar-refractivity contribution in [3.8, 4) is 11.5 Å². The van der Waals surface area contributed by atoms with E-state index in [1.807, 2.05) is 0 Å². The zero-order valence-corrected chi connectivity index (χ0v) is 14.1. The maximum atomic E-state index is 12.6. The minimum Gasteiger partial charge on any atom is -0.486 e. The number of carbonyl (C=O) groups is 1. The van der Waals surface area contributed by atoms with Gasteiger partial charge in [0, 0.05) is 18.2 Å². The third-order valence-electron chi connectivity index (χ3n) is 3.17. The fourth-order valence-corrected chi connectivity index (χ4v) is 3.81. The number of carbonyl (C=O) groups excluding carboxylic acids is 1. The van der Waals surface area contributed by atoms with Crippen LogP contribution in [-0.2, 0) is 14.6 Å². The number of benzene rings is 1. The molecule has 122 valence electrons. The van der Waals surface area contributed by atoms with Crippen molar-refractivity contribution in [3.05, 3.63) is 17.2 Å². The molecular formula is C14H18ClNO5S. The summed E-state index contributed by atoms with van der Waals surface area (Å²) < 4.78 is 36.0. The molecule has 0 aromatic heterocycles. The molecule has 0 spiro atoms. The molecule has 1 aromatic carbocycles. The predicted octanol–water partition coefficient (Wildman–Crippen LogP) is 1.80. The summed E-state index contributed by atoms with van der Waals surface area (Å²) >= 11 is 6.05. The van der Waals surface area contributed by atoms with Crippen LogP contribution in [0.3, 0.4) is 0 Å². The van der Waals surface area contributed by atoms with E-state index in [2.05, 4.69) is 5.32 Å². The van der Waals surface area contributed by atoms with Crippen LogP contribution in [0.1, 0.15) is 20.8 Å². The van der Waals surface area contributed by atoms with Crippen molar-refractivity contribution in [2.24, 2.45) is 0 Å². The number of fused-ring (bicyclic) bond motifs is 1.